The fourth-order valence-electron chi connectivity index (χ4n) is 1.44. The van der Waals surface area contributed by atoms with E-state index in [1.807, 2.05) is 6.07 Å². The van der Waals surface area contributed by atoms with Crippen LogP contribution in [0, 0.1) is 36.8 Å². The molecule has 0 saturated carbocycles. The number of nitrogens with zero attached hydrogens (tertiary/aromatic N) is 3. The van der Waals surface area contributed by atoms with Gasteiger partial charge in [-0.2, -0.15) is 10.4 Å². The number of nitriles is 1. The number of rotatable bonds is 2. The van der Waals surface area contributed by atoms with E-state index in [0.29, 0.717) is 11.3 Å². The van der Waals surface area contributed by atoms with Crippen molar-refractivity contribution in [3.8, 4) is 17.7 Å². The van der Waals surface area contributed by atoms with E-state index in [1.54, 1.807) is 13.8 Å². The van der Waals surface area contributed by atoms with Crippen molar-refractivity contribution in [3.05, 3.63) is 46.7 Å². The normalized spacial score (nSPS) is 10.1. The predicted octanol–water partition coefficient (Wildman–Crippen LogP) is 3.04. The minimum absolute atomic E-state index is 0.0309. The molecule has 2 aromatic rings. The van der Waals surface area contributed by atoms with Crippen molar-refractivity contribution in [2.75, 3.05) is 0 Å². The quantitative estimate of drug-likeness (QED) is 0.833. The highest BCUT2D eigenvalue weighted by Gasteiger charge is 2.13. The molecule has 4 nitrogen and oxygen atoms in total. The molecule has 0 unspecified atom stereocenters. The van der Waals surface area contributed by atoms with Crippen LogP contribution in [0.25, 0.3) is 0 Å². The Kier molecular flexibility index (Phi) is 3.38. The Balaban J connectivity index is 2.41. The summed E-state index contributed by atoms with van der Waals surface area (Å²) in [6, 6.07) is 5.02. The molecule has 6 heteroatoms. The fraction of sp³-hybridized carbons (Fsp3) is 0.154. The minimum atomic E-state index is -1.03. The van der Waals surface area contributed by atoms with Gasteiger partial charge in [0, 0.05) is 6.07 Å². The number of hydrogen-bond donors (Lipinski definition) is 0. The van der Waals surface area contributed by atoms with Gasteiger partial charge in [0.25, 0.3) is 5.88 Å². The van der Waals surface area contributed by atoms with Crippen LogP contribution in [-0.4, -0.2) is 10.2 Å². The van der Waals surface area contributed by atoms with Gasteiger partial charge in [0.1, 0.15) is 17.4 Å². The third kappa shape index (κ3) is 2.50. The zero-order chi connectivity index (χ0) is 14.0. The number of ether oxygens (including phenoxy) is 1. The Morgan fingerprint density at radius 2 is 1.89 bits per heavy atom. The summed E-state index contributed by atoms with van der Waals surface area (Å²) in [5.74, 6) is -1.99. The Labute approximate surface area is 108 Å². The van der Waals surface area contributed by atoms with Crippen molar-refractivity contribution >= 4 is 0 Å². The van der Waals surface area contributed by atoms with Crippen LogP contribution in [0.4, 0.5) is 8.78 Å². The van der Waals surface area contributed by atoms with Crippen molar-refractivity contribution in [2.45, 2.75) is 13.8 Å². The van der Waals surface area contributed by atoms with Crippen molar-refractivity contribution in [1.29, 1.82) is 5.26 Å². The highest BCUT2D eigenvalue weighted by molar-refractivity contribution is 5.46. The van der Waals surface area contributed by atoms with Gasteiger partial charge >= 0.3 is 0 Å². The second kappa shape index (κ2) is 4.98. The molecule has 19 heavy (non-hydrogen) atoms. The first-order valence-corrected chi connectivity index (χ1v) is 5.40. The molecule has 1 heterocycles. The largest absolute Gasteiger partial charge is 0.436 e. The highest BCUT2D eigenvalue weighted by Crippen LogP contribution is 2.26. The lowest BCUT2D eigenvalue weighted by Gasteiger charge is -2.08. The Hall–Kier alpha value is -2.55. The Morgan fingerprint density at radius 3 is 2.53 bits per heavy atom. The molecule has 0 radical (unpaired) electrons. The van der Waals surface area contributed by atoms with Gasteiger partial charge in [-0.05, 0) is 31.5 Å². The summed E-state index contributed by atoms with van der Waals surface area (Å²) in [4.78, 5) is 0. The average molecular weight is 261 g/mol. The minimum Gasteiger partial charge on any atom is -0.436 e. The molecule has 1 aromatic heterocycles. The first-order chi connectivity index (χ1) is 9.02. The summed E-state index contributed by atoms with van der Waals surface area (Å²) in [6.07, 6.45) is 0. The maximum absolute atomic E-state index is 13.1. The first kappa shape index (κ1) is 12.9. The smallest absolute Gasteiger partial charge is 0.257 e. The topological polar surface area (TPSA) is 58.8 Å². The summed E-state index contributed by atoms with van der Waals surface area (Å²) in [5, 5.41) is 16.6. The molecule has 0 saturated heterocycles. The summed E-state index contributed by atoms with van der Waals surface area (Å²) < 4.78 is 31.1. The van der Waals surface area contributed by atoms with E-state index in [4.69, 9.17) is 10.00 Å². The molecule has 2 rings (SSSR count). The van der Waals surface area contributed by atoms with Gasteiger partial charge in [0.15, 0.2) is 11.6 Å². The van der Waals surface area contributed by atoms with E-state index >= 15 is 0 Å². The van der Waals surface area contributed by atoms with Crippen LogP contribution in [0.15, 0.2) is 18.2 Å². The number of aryl methyl sites for hydroxylation is 1. The third-order valence-electron chi connectivity index (χ3n) is 2.64. The fourth-order valence-corrected chi connectivity index (χ4v) is 1.44. The Morgan fingerprint density at radius 1 is 1.16 bits per heavy atom. The second-order valence-corrected chi connectivity index (χ2v) is 3.88. The maximum Gasteiger partial charge on any atom is 0.257 e. The van der Waals surface area contributed by atoms with Crippen LogP contribution in [0.2, 0.25) is 0 Å². The summed E-state index contributed by atoms with van der Waals surface area (Å²) >= 11 is 0. The predicted molar refractivity (Wildman–Crippen MR) is 62.7 cm³/mol. The third-order valence-corrected chi connectivity index (χ3v) is 2.64. The molecule has 0 aliphatic heterocycles. The monoisotopic (exact) mass is 261 g/mol. The number of benzene rings is 1. The molecular formula is C13H9F2N3O. The molecular weight excluding hydrogens is 252 g/mol. The molecule has 0 atom stereocenters. The van der Waals surface area contributed by atoms with Crippen molar-refractivity contribution in [2.24, 2.45) is 0 Å². The molecule has 1 aromatic carbocycles. The molecule has 0 amide bonds. The molecule has 0 bridgehead atoms. The van der Waals surface area contributed by atoms with Crippen LogP contribution in [-0.2, 0) is 0 Å². The van der Waals surface area contributed by atoms with Crippen LogP contribution in [0.3, 0.4) is 0 Å². The van der Waals surface area contributed by atoms with Gasteiger partial charge < -0.3 is 4.74 Å². The zero-order valence-corrected chi connectivity index (χ0v) is 10.2. The van der Waals surface area contributed by atoms with Crippen molar-refractivity contribution < 1.29 is 13.5 Å². The lowest BCUT2D eigenvalue weighted by Crippen LogP contribution is -2.00. The van der Waals surface area contributed by atoms with E-state index in [0.717, 1.165) is 12.1 Å². The lowest BCUT2D eigenvalue weighted by molar-refractivity contribution is 0.439. The SMILES string of the molecule is Cc1nnc(Oc2ccc(F)c(F)c2)c(C#N)c1C. The van der Waals surface area contributed by atoms with Gasteiger partial charge in [-0.1, -0.05) is 0 Å². The number of hydrogen-bond acceptors (Lipinski definition) is 4. The maximum atomic E-state index is 13.1. The van der Waals surface area contributed by atoms with Crippen LogP contribution >= 0.6 is 0 Å². The lowest BCUT2D eigenvalue weighted by atomic mass is 10.1. The molecule has 0 aliphatic rings. The molecule has 0 spiro atoms. The zero-order valence-electron chi connectivity index (χ0n) is 10.2. The van der Waals surface area contributed by atoms with Crippen molar-refractivity contribution in [3.63, 3.8) is 0 Å². The van der Waals surface area contributed by atoms with E-state index in [9.17, 15) is 8.78 Å². The first-order valence-electron chi connectivity index (χ1n) is 5.40. The van der Waals surface area contributed by atoms with E-state index in [2.05, 4.69) is 10.2 Å². The Bertz CT molecular complexity index is 680. The van der Waals surface area contributed by atoms with E-state index in [1.165, 1.54) is 6.07 Å². The molecule has 96 valence electrons. The van der Waals surface area contributed by atoms with Crippen LogP contribution < -0.4 is 4.74 Å². The van der Waals surface area contributed by atoms with Gasteiger partial charge in [-0.3, -0.25) is 0 Å². The molecule has 0 aliphatic carbocycles. The highest BCUT2D eigenvalue weighted by atomic mass is 19.2. The van der Waals surface area contributed by atoms with E-state index in [-0.39, 0.29) is 17.2 Å². The van der Waals surface area contributed by atoms with Gasteiger partial charge in [-0.25, -0.2) is 8.78 Å². The summed E-state index contributed by atoms with van der Waals surface area (Å²) in [5.41, 5.74) is 1.46. The van der Waals surface area contributed by atoms with E-state index < -0.39 is 11.6 Å². The van der Waals surface area contributed by atoms with Crippen LogP contribution in [0.5, 0.6) is 11.6 Å². The van der Waals surface area contributed by atoms with Gasteiger partial charge in [0.2, 0.25) is 0 Å². The van der Waals surface area contributed by atoms with Gasteiger partial charge in [0.05, 0.1) is 5.69 Å². The second-order valence-electron chi connectivity index (χ2n) is 3.88. The molecule has 0 N–H and O–H groups in total. The number of halogens is 2. The summed E-state index contributed by atoms with van der Waals surface area (Å²) in [6.45, 7) is 3.42. The standard InChI is InChI=1S/C13H9F2N3O/c1-7-8(2)17-18-13(10(7)6-16)19-9-3-4-11(14)12(15)5-9/h3-5H,1-2H3. The summed E-state index contributed by atoms with van der Waals surface area (Å²) in [7, 11) is 0. The van der Waals surface area contributed by atoms with Gasteiger partial charge in [-0.15, -0.1) is 5.10 Å². The molecule has 0 fully saturated rings. The number of aromatic nitrogens is 2. The average Bonchev–Trinajstić information content (AvgIpc) is 2.39. The van der Waals surface area contributed by atoms with Crippen LogP contribution in [0.1, 0.15) is 16.8 Å². The van der Waals surface area contributed by atoms with Crippen molar-refractivity contribution in [1.82, 2.24) is 10.2 Å².